The van der Waals surface area contributed by atoms with Gasteiger partial charge in [0.15, 0.2) is 6.61 Å². The van der Waals surface area contributed by atoms with E-state index in [1.165, 1.54) is 12.0 Å². The summed E-state index contributed by atoms with van der Waals surface area (Å²) in [4.78, 5) is 58.8. The van der Waals surface area contributed by atoms with Crippen LogP contribution in [0.4, 0.5) is 13.2 Å². The van der Waals surface area contributed by atoms with Crippen LogP contribution >= 0.6 is 0 Å². The number of nitrogens with two attached hydrogens (primary N) is 1. The lowest BCUT2D eigenvalue weighted by atomic mass is 9.90. The minimum atomic E-state index is -4.68. The van der Waals surface area contributed by atoms with Crippen LogP contribution in [0.15, 0.2) is 24.5 Å². The average Bonchev–Trinajstić information content (AvgIpc) is 3.03. The maximum absolute atomic E-state index is 12.4. The monoisotopic (exact) mass is 665 g/mol. The Morgan fingerprint density at radius 2 is 1.23 bits per heavy atom. The summed E-state index contributed by atoms with van der Waals surface area (Å²) in [6.45, 7) is 6.59. The van der Waals surface area contributed by atoms with Crippen molar-refractivity contribution in [3.63, 3.8) is 0 Å². The molecule has 12 nitrogen and oxygen atoms in total. The molecule has 0 spiro atoms. The summed E-state index contributed by atoms with van der Waals surface area (Å²) in [5.74, 6) is -2.45. The molecule has 0 unspecified atom stereocenters. The smallest absolute Gasteiger partial charge is 0.422 e. The number of primary amides is 1. The Morgan fingerprint density at radius 3 is 1.62 bits per heavy atom. The van der Waals surface area contributed by atoms with Crippen molar-refractivity contribution in [2.24, 2.45) is 17.6 Å². The standard InChI is InChI=1S/C17H21F3N2O4.C15H21N3O3/c1-10-4-5-13(12-6-14(25-3)11(2)21-7-12)22(8-10)15(23)16(24)26-9-17(18,19)20;1-9-4-5-12(18(8-9)15(20)14(16)19)11-6-13(21-3)10(2)17-7-11/h6-7,10,13H,4-5,8-9H2,1-3H3;6-7,9,12H,4-5,8H2,1-3H3,(H2,16,19)/t10-,13+;9-,12+/m00/s1. The Morgan fingerprint density at radius 1 is 0.809 bits per heavy atom. The van der Waals surface area contributed by atoms with E-state index in [1.54, 1.807) is 37.4 Å². The average molecular weight is 666 g/mol. The fourth-order valence-electron chi connectivity index (χ4n) is 5.75. The molecule has 2 fully saturated rings. The first kappa shape index (κ1) is 37.0. The summed E-state index contributed by atoms with van der Waals surface area (Å²) in [6, 6.07) is 2.96. The van der Waals surface area contributed by atoms with Gasteiger partial charge in [-0.25, -0.2) is 4.79 Å². The Bertz CT molecular complexity index is 1450. The number of esters is 1. The molecule has 3 amide bonds. The largest absolute Gasteiger partial charge is 0.495 e. The van der Waals surface area contributed by atoms with Gasteiger partial charge in [0.25, 0.3) is 0 Å². The summed E-state index contributed by atoms with van der Waals surface area (Å²) in [7, 11) is 3.08. The fourth-order valence-corrected chi connectivity index (χ4v) is 5.75. The molecule has 2 aliphatic rings. The van der Waals surface area contributed by atoms with Gasteiger partial charge in [-0.15, -0.1) is 0 Å². The van der Waals surface area contributed by atoms with E-state index in [0.29, 0.717) is 41.6 Å². The molecule has 0 aromatic carbocycles. The number of aromatic nitrogens is 2. The molecule has 0 radical (unpaired) electrons. The van der Waals surface area contributed by atoms with Crippen LogP contribution in [-0.2, 0) is 23.9 Å². The van der Waals surface area contributed by atoms with Crippen LogP contribution < -0.4 is 15.2 Å². The van der Waals surface area contributed by atoms with Crippen LogP contribution in [0.3, 0.4) is 0 Å². The van der Waals surface area contributed by atoms with Crippen molar-refractivity contribution in [3.8, 4) is 11.5 Å². The third kappa shape index (κ3) is 9.78. The predicted octanol–water partition coefficient (Wildman–Crippen LogP) is 3.99. The minimum absolute atomic E-state index is 0.117. The van der Waals surface area contributed by atoms with Crippen molar-refractivity contribution in [2.75, 3.05) is 33.9 Å². The Balaban J connectivity index is 0.000000261. The number of hydrogen-bond acceptors (Lipinski definition) is 9. The van der Waals surface area contributed by atoms with E-state index < -0.39 is 42.5 Å². The van der Waals surface area contributed by atoms with Crippen molar-refractivity contribution in [1.29, 1.82) is 0 Å². The zero-order valence-electron chi connectivity index (χ0n) is 27.4. The number of piperidine rings is 2. The first-order chi connectivity index (χ1) is 22.1. The molecule has 2 aliphatic heterocycles. The van der Waals surface area contributed by atoms with E-state index in [4.69, 9.17) is 15.2 Å². The highest BCUT2D eigenvalue weighted by Crippen LogP contribution is 2.36. The number of likely N-dealkylation sites (tertiary alicyclic amines) is 2. The summed E-state index contributed by atoms with van der Waals surface area (Å²) in [5.41, 5.74) is 8.16. The van der Waals surface area contributed by atoms with Gasteiger partial charge in [0, 0.05) is 25.5 Å². The van der Waals surface area contributed by atoms with Gasteiger partial charge in [-0.3, -0.25) is 24.4 Å². The van der Waals surface area contributed by atoms with Gasteiger partial charge >= 0.3 is 29.9 Å². The van der Waals surface area contributed by atoms with E-state index in [1.807, 2.05) is 19.9 Å². The van der Waals surface area contributed by atoms with Crippen molar-refractivity contribution >= 4 is 23.7 Å². The second kappa shape index (κ2) is 15.9. The van der Waals surface area contributed by atoms with E-state index in [0.717, 1.165) is 30.5 Å². The third-order valence-electron chi connectivity index (χ3n) is 8.24. The summed E-state index contributed by atoms with van der Waals surface area (Å²) in [5, 5.41) is 0. The number of halogens is 3. The van der Waals surface area contributed by atoms with Gasteiger partial charge in [-0.2, -0.15) is 13.2 Å². The molecule has 47 heavy (non-hydrogen) atoms. The van der Waals surface area contributed by atoms with Crippen LogP contribution in [-0.4, -0.2) is 83.6 Å². The lowest BCUT2D eigenvalue weighted by Crippen LogP contribution is -2.46. The lowest BCUT2D eigenvalue weighted by molar-refractivity contribution is -0.190. The first-order valence-corrected chi connectivity index (χ1v) is 15.2. The molecule has 0 aliphatic carbocycles. The number of amides is 3. The third-order valence-corrected chi connectivity index (χ3v) is 8.24. The quantitative estimate of drug-likeness (QED) is 0.369. The molecule has 4 rings (SSSR count). The number of rotatable bonds is 5. The Kier molecular flexibility index (Phi) is 12.5. The highest BCUT2D eigenvalue weighted by molar-refractivity contribution is 6.34. The number of aryl methyl sites for hydroxylation is 2. The fraction of sp³-hybridized carbons (Fsp3) is 0.562. The predicted molar refractivity (Wildman–Crippen MR) is 163 cm³/mol. The Labute approximate surface area is 271 Å². The topological polar surface area (TPSA) is 154 Å². The van der Waals surface area contributed by atoms with Gasteiger partial charge in [-0.05, 0) is 74.6 Å². The molecule has 4 atom stereocenters. The van der Waals surface area contributed by atoms with Crippen LogP contribution in [0, 0.1) is 25.7 Å². The van der Waals surface area contributed by atoms with E-state index in [2.05, 4.69) is 21.6 Å². The van der Waals surface area contributed by atoms with Crippen LogP contribution in [0.1, 0.15) is 74.1 Å². The molecule has 2 aromatic rings. The van der Waals surface area contributed by atoms with Crippen molar-refractivity contribution in [3.05, 3.63) is 47.0 Å². The number of carbonyl (C=O) groups is 4. The van der Waals surface area contributed by atoms with Gasteiger partial charge in [0.2, 0.25) is 0 Å². The molecule has 2 saturated heterocycles. The number of nitrogens with zero attached hydrogens (tertiary/aromatic N) is 4. The van der Waals surface area contributed by atoms with Gasteiger partial charge in [-0.1, -0.05) is 13.8 Å². The van der Waals surface area contributed by atoms with Crippen molar-refractivity contribution in [2.45, 2.75) is 71.6 Å². The number of carbonyl (C=O) groups excluding carboxylic acids is 4. The molecule has 2 aromatic heterocycles. The van der Waals surface area contributed by atoms with Gasteiger partial charge in [0.1, 0.15) is 11.5 Å². The molecular weight excluding hydrogens is 623 g/mol. The minimum Gasteiger partial charge on any atom is -0.495 e. The SMILES string of the molecule is COc1cc([C@H]2CC[C@H](C)CN2C(=O)C(=O)OCC(F)(F)F)cnc1C.COc1cc([C@H]2CC[C@H](C)CN2C(=O)C(N)=O)cnc1C. The molecule has 2 N–H and O–H groups in total. The van der Waals surface area contributed by atoms with Crippen LogP contribution in [0.2, 0.25) is 0 Å². The van der Waals surface area contributed by atoms with E-state index in [9.17, 15) is 32.3 Å². The van der Waals surface area contributed by atoms with Crippen molar-refractivity contribution in [1.82, 2.24) is 19.8 Å². The molecule has 15 heteroatoms. The van der Waals surface area contributed by atoms with E-state index in [-0.39, 0.29) is 18.5 Å². The van der Waals surface area contributed by atoms with Crippen LogP contribution in [0.5, 0.6) is 11.5 Å². The summed E-state index contributed by atoms with van der Waals surface area (Å²) >= 11 is 0. The highest BCUT2D eigenvalue weighted by atomic mass is 19.4. The van der Waals surface area contributed by atoms with Gasteiger partial charge < -0.3 is 29.7 Å². The Hall–Kier alpha value is -4.43. The van der Waals surface area contributed by atoms with Gasteiger partial charge in [0.05, 0.1) is 37.7 Å². The molecule has 258 valence electrons. The zero-order chi connectivity index (χ0) is 35.1. The zero-order valence-corrected chi connectivity index (χ0v) is 27.4. The summed E-state index contributed by atoms with van der Waals surface area (Å²) in [6.07, 6.45) is 1.78. The van der Waals surface area contributed by atoms with E-state index >= 15 is 0 Å². The number of methoxy groups -OCH3 is 2. The number of hydrogen-bond donors (Lipinski definition) is 1. The second-order valence-electron chi connectivity index (χ2n) is 12.0. The maximum atomic E-state index is 12.4. The normalized spacial score (nSPS) is 21.2. The summed E-state index contributed by atoms with van der Waals surface area (Å²) < 4.78 is 51.3. The molecule has 0 saturated carbocycles. The first-order valence-electron chi connectivity index (χ1n) is 15.2. The second-order valence-corrected chi connectivity index (χ2v) is 12.0. The molecule has 0 bridgehead atoms. The lowest BCUT2D eigenvalue weighted by Gasteiger charge is -2.38. The highest BCUT2D eigenvalue weighted by Gasteiger charge is 2.38. The van der Waals surface area contributed by atoms with Crippen molar-refractivity contribution < 1.29 is 46.6 Å². The molecular formula is C32H42F3N5O7. The number of pyridine rings is 2. The molecule has 4 heterocycles. The van der Waals surface area contributed by atoms with Crippen LogP contribution in [0.25, 0.3) is 0 Å². The maximum Gasteiger partial charge on any atom is 0.422 e. The number of alkyl halides is 3. The number of ether oxygens (including phenoxy) is 3.